The van der Waals surface area contributed by atoms with Crippen LogP contribution in [0, 0.1) is 0 Å². The van der Waals surface area contributed by atoms with Gasteiger partial charge in [-0.2, -0.15) is 13.2 Å². The number of likely N-dealkylation sites (tertiary alicyclic amines) is 1. The number of hydrogen-bond donors (Lipinski definition) is 1. The number of carbonyl (C=O) groups excluding carboxylic acids is 1. The Hall–Kier alpha value is -3.21. The van der Waals surface area contributed by atoms with Crippen LogP contribution in [0.4, 0.5) is 23.5 Å². The Morgan fingerprint density at radius 3 is 2.42 bits per heavy atom. The van der Waals surface area contributed by atoms with Crippen molar-refractivity contribution in [3.8, 4) is 5.75 Å². The van der Waals surface area contributed by atoms with Crippen LogP contribution in [0.2, 0.25) is 0 Å². The van der Waals surface area contributed by atoms with E-state index in [2.05, 4.69) is 21.9 Å². The summed E-state index contributed by atoms with van der Waals surface area (Å²) in [6.45, 7) is 3.20. The van der Waals surface area contributed by atoms with Crippen LogP contribution in [0.25, 0.3) is 0 Å². The van der Waals surface area contributed by atoms with Gasteiger partial charge in [0, 0.05) is 13.1 Å². The van der Waals surface area contributed by atoms with Gasteiger partial charge in [0.2, 0.25) is 5.95 Å². The summed E-state index contributed by atoms with van der Waals surface area (Å²) in [7, 11) is 1.47. The van der Waals surface area contributed by atoms with Gasteiger partial charge in [0.05, 0.1) is 43.8 Å². The normalized spacial score (nSPS) is 18.7. The first-order valence-electron chi connectivity index (χ1n) is 9.21. The number of anilines is 1. The van der Waals surface area contributed by atoms with E-state index in [1.807, 2.05) is 0 Å². The first-order chi connectivity index (χ1) is 14.7. The molecule has 0 aliphatic carbocycles. The average Bonchev–Trinajstić information content (AvgIpc) is 3.14. The lowest BCUT2D eigenvalue weighted by atomic mass is 10.1. The molecule has 0 unspecified atom stereocenters. The third-order valence-electron chi connectivity index (χ3n) is 4.71. The van der Waals surface area contributed by atoms with E-state index in [1.54, 1.807) is 0 Å². The second-order valence-corrected chi connectivity index (χ2v) is 6.86. The number of benzene rings is 1. The van der Waals surface area contributed by atoms with Crippen molar-refractivity contribution < 1.29 is 31.8 Å². The quantitative estimate of drug-likeness (QED) is 0.527. The lowest BCUT2D eigenvalue weighted by Crippen LogP contribution is -2.35. The van der Waals surface area contributed by atoms with Crippen molar-refractivity contribution in [1.82, 2.24) is 14.9 Å². The van der Waals surface area contributed by atoms with Gasteiger partial charge in [-0.15, -0.1) is 0 Å². The number of rotatable bonds is 7. The molecule has 1 amide bonds. The minimum atomic E-state index is -4.42. The molecular formula is C20H20F4N4O3. The number of nitrogens with one attached hydrogen (secondary N) is 1. The number of hydrogen-bond acceptors (Lipinski definition) is 6. The number of amides is 1. The Balaban J connectivity index is 1.69. The van der Waals surface area contributed by atoms with Crippen LogP contribution in [0.15, 0.2) is 49.1 Å². The van der Waals surface area contributed by atoms with Crippen molar-refractivity contribution in [2.24, 2.45) is 0 Å². The topological polar surface area (TPSA) is 76.6 Å². The Bertz CT molecular complexity index is 920. The molecule has 0 saturated carbocycles. The van der Waals surface area contributed by atoms with Crippen LogP contribution in [-0.4, -0.2) is 53.1 Å². The summed E-state index contributed by atoms with van der Waals surface area (Å²) >= 11 is 0. The molecule has 166 valence electrons. The van der Waals surface area contributed by atoms with Crippen molar-refractivity contribution in [1.29, 1.82) is 0 Å². The highest BCUT2D eigenvalue weighted by atomic mass is 19.4. The third-order valence-corrected chi connectivity index (χ3v) is 4.71. The van der Waals surface area contributed by atoms with E-state index in [9.17, 15) is 22.4 Å². The molecule has 31 heavy (non-hydrogen) atoms. The molecule has 0 radical (unpaired) electrons. The van der Waals surface area contributed by atoms with Gasteiger partial charge in [0.25, 0.3) is 5.91 Å². The van der Waals surface area contributed by atoms with Crippen molar-refractivity contribution in [2.75, 3.05) is 25.5 Å². The highest BCUT2D eigenvalue weighted by Gasteiger charge is 2.37. The molecule has 3 rings (SSSR count). The molecule has 7 nitrogen and oxygen atoms in total. The van der Waals surface area contributed by atoms with Crippen molar-refractivity contribution >= 4 is 11.9 Å². The molecule has 1 fully saturated rings. The van der Waals surface area contributed by atoms with Crippen LogP contribution < -0.4 is 10.1 Å². The number of aromatic nitrogens is 2. The first-order valence-corrected chi connectivity index (χ1v) is 9.21. The van der Waals surface area contributed by atoms with Gasteiger partial charge in [-0.3, -0.25) is 4.79 Å². The van der Waals surface area contributed by atoms with E-state index in [0.717, 1.165) is 12.1 Å². The minimum absolute atomic E-state index is 0.00303. The third kappa shape index (κ3) is 5.69. The van der Waals surface area contributed by atoms with E-state index >= 15 is 0 Å². The van der Waals surface area contributed by atoms with Gasteiger partial charge in [-0.05, 0) is 17.7 Å². The fourth-order valence-corrected chi connectivity index (χ4v) is 3.07. The van der Waals surface area contributed by atoms with E-state index in [-0.39, 0.29) is 25.6 Å². The van der Waals surface area contributed by atoms with Crippen LogP contribution in [0.3, 0.4) is 0 Å². The Morgan fingerprint density at radius 1 is 1.23 bits per heavy atom. The number of carbonyl (C=O) groups is 1. The monoisotopic (exact) mass is 440 g/mol. The summed E-state index contributed by atoms with van der Waals surface area (Å²) in [4.78, 5) is 21.4. The molecule has 1 aromatic heterocycles. The van der Waals surface area contributed by atoms with Crippen LogP contribution in [-0.2, 0) is 22.3 Å². The molecular weight excluding hydrogens is 420 g/mol. The zero-order chi connectivity index (χ0) is 22.6. The molecule has 2 heterocycles. The lowest BCUT2D eigenvalue weighted by Gasteiger charge is -2.20. The smallest absolute Gasteiger partial charge is 0.416 e. The maximum Gasteiger partial charge on any atom is 0.416 e. The standard InChI is InChI=1S/C20H20F4N4O3/c1-12(21)18(29)28-9-16(27-19-25-7-15(30-2)8-26-19)17(10-28)31-11-13-3-5-14(6-4-13)20(22,23)24/h3-8,16-17H,1,9-11H2,2H3,(H,25,26,27)/t16-,17-/m1/s1. The number of alkyl halides is 3. The van der Waals surface area contributed by atoms with Crippen LogP contribution in [0.5, 0.6) is 5.75 Å². The number of nitrogens with zero attached hydrogens (tertiary/aromatic N) is 3. The molecule has 1 saturated heterocycles. The van der Waals surface area contributed by atoms with Gasteiger partial charge in [0.1, 0.15) is 0 Å². The number of halogens is 4. The minimum Gasteiger partial charge on any atom is -0.494 e. The van der Waals surface area contributed by atoms with Gasteiger partial charge >= 0.3 is 6.18 Å². The van der Waals surface area contributed by atoms with Crippen molar-refractivity contribution in [2.45, 2.75) is 24.9 Å². The summed E-state index contributed by atoms with van der Waals surface area (Å²) in [5, 5.41) is 3.03. The molecule has 2 aromatic rings. The van der Waals surface area contributed by atoms with E-state index < -0.39 is 35.6 Å². The molecule has 0 bridgehead atoms. The summed E-state index contributed by atoms with van der Waals surface area (Å²) in [6.07, 6.45) is -2.10. The fourth-order valence-electron chi connectivity index (χ4n) is 3.07. The second-order valence-electron chi connectivity index (χ2n) is 6.86. The zero-order valence-electron chi connectivity index (χ0n) is 16.5. The Kier molecular flexibility index (Phi) is 6.74. The van der Waals surface area contributed by atoms with E-state index in [4.69, 9.17) is 9.47 Å². The van der Waals surface area contributed by atoms with Gasteiger partial charge < -0.3 is 19.7 Å². The summed E-state index contributed by atoms with van der Waals surface area (Å²) in [6, 6.07) is 4.10. The molecule has 2 atom stereocenters. The summed E-state index contributed by atoms with van der Waals surface area (Å²) < 4.78 is 62.3. The van der Waals surface area contributed by atoms with E-state index in [1.165, 1.54) is 36.5 Å². The molecule has 0 spiro atoms. The van der Waals surface area contributed by atoms with Crippen LogP contribution >= 0.6 is 0 Å². The molecule has 1 aliphatic rings. The summed E-state index contributed by atoms with van der Waals surface area (Å²) in [5.41, 5.74) is -0.237. The Morgan fingerprint density at radius 2 is 1.87 bits per heavy atom. The number of methoxy groups -OCH3 is 1. The van der Waals surface area contributed by atoms with Gasteiger partial charge in [-0.25, -0.2) is 14.4 Å². The largest absolute Gasteiger partial charge is 0.494 e. The van der Waals surface area contributed by atoms with E-state index in [0.29, 0.717) is 11.3 Å². The lowest BCUT2D eigenvalue weighted by molar-refractivity contribution is -0.137. The summed E-state index contributed by atoms with van der Waals surface area (Å²) in [5.74, 6) is -1.24. The predicted octanol–water partition coefficient (Wildman–Crippen LogP) is 3.20. The maximum absolute atomic E-state index is 13.3. The molecule has 1 aliphatic heterocycles. The van der Waals surface area contributed by atoms with Crippen molar-refractivity contribution in [3.05, 3.63) is 60.2 Å². The average molecular weight is 440 g/mol. The van der Waals surface area contributed by atoms with Crippen molar-refractivity contribution in [3.63, 3.8) is 0 Å². The predicted molar refractivity (Wildman–Crippen MR) is 103 cm³/mol. The van der Waals surface area contributed by atoms with Crippen LogP contribution in [0.1, 0.15) is 11.1 Å². The molecule has 1 aromatic carbocycles. The fraction of sp³-hybridized carbons (Fsp3) is 0.350. The van der Waals surface area contributed by atoms with Gasteiger partial charge in [0.15, 0.2) is 11.6 Å². The zero-order valence-corrected chi connectivity index (χ0v) is 16.5. The molecule has 1 N–H and O–H groups in total. The SMILES string of the molecule is C=C(F)C(=O)N1C[C@@H](Nc2ncc(OC)cn2)[C@H](OCc2ccc(C(F)(F)F)cc2)C1. The van der Waals surface area contributed by atoms with Gasteiger partial charge in [-0.1, -0.05) is 18.7 Å². The number of ether oxygens (including phenoxy) is 2. The highest BCUT2D eigenvalue weighted by molar-refractivity contribution is 5.90. The first kappa shape index (κ1) is 22.5. The maximum atomic E-state index is 13.3. The molecule has 11 heteroatoms. The Labute approximate surface area is 175 Å². The highest BCUT2D eigenvalue weighted by Crippen LogP contribution is 2.29. The second kappa shape index (κ2) is 9.29.